The van der Waals surface area contributed by atoms with Crippen LogP contribution in [0.15, 0.2) is 49.0 Å². The molecule has 0 amide bonds. The fourth-order valence-electron chi connectivity index (χ4n) is 5.47. The van der Waals surface area contributed by atoms with E-state index < -0.39 is 0 Å². The minimum Gasteiger partial charge on any atom is -0.339 e. The normalized spacial score (nSPS) is 15.4. The van der Waals surface area contributed by atoms with Gasteiger partial charge in [-0.2, -0.15) is 0 Å². The molecule has 2 heterocycles. The summed E-state index contributed by atoms with van der Waals surface area (Å²) in [6, 6.07) is 16.4. The van der Waals surface area contributed by atoms with Gasteiger partial charge in [-0.25, -0.2) is 4.31 Å². The van der Waals surface area contributed by atoms with Crippen LogP contribution in [-0.4, -0.2) is 36.1 Å². The van der Waals surface area contributed by atoms with Crippen LogP contribution in [0.3, 0.4) is 0 Å². The highest BCUT2D eigenvalue weighted by Gasteiger charge is 2.29. The first-order valence-corrected chi connectivity index (χ1v) is 13.5. The summed E-state index contributed by atoms with van der Waals surface area (Å²) in [5.41, 5.74) is 9.26. The first-order valence-electron chi connectivity index (χ1n) is 12.7. The third-order valence-corrected chi connectivity index (χ3v) is 7.74. The van der Waals surface area contributed by atoms with Crippen molar-refractivity contribution in [2.75, 3.05) is 21.1 Å². The summed E-state index contributed by atoms with van der Waals surface area (Å²) < 4.78 is 8.03. The highest BCUT2D eigenvalue weighted by Crippen LogP contribution is 2.44. The van der Waals surface area contributed by atoms with E-state index in [1.165, 1.54) is 53.4 Å². The number of hydrogen-bond donors (Lipinski definition) is 2. The molecule has 5 heteroatoms. The van der Waals surface area contributed by atoms with Crippen LogP contribution < -0.4 is 10.0 Å². The van der Waals surface area contributed by atoms with Crippen molar-refractivity contribution in [2.45, 2.75) is 64.5 Å². The van der Waals surface area contributed by atoms with Crippen LogP contribution >= 0.6 is 12.1 Å². The molecule has 4 rings (SSSR count). The molecule has 2 aromatic carbocycles. The molecule has 0 saturated heterocycles. The van der Waals surface area contributed by atoms with E-state index in [9.17, 15) is 0 Å². The Bertz CT molecular complexity index is 1140. The summed E-state index contributed by atoms with van der Waals surface area (Å²) in [6.07, 6.45) is 5.92. The topological polar surface area (TPSA) is 32.2 Å². The Hall–Kier alpha value is -2.21. The van der Waals surface area contributed by atoms with E-state index in [1.54, 1.807) is 17.7 Å². The second-order valence-corrected chi connectivity index (χ2v) is 10.8. The van der Waals surface area contributed by atoms with Crippen molar-refractivity contribution in [1.29, 1.82) is 0 Å². The van der Waals surface area contributed by atoms with Crippen LogP contribution in [0.1, 0.15) is 62.1 Å². The quantitative estimate of drug-likeness (QED) is 0.314. The Kier molecular flexibility index (Phi) is 8.07. The molecule has 1 aliphatic rings. The maximum atomic E-state index is 4.32. The highest BCUT2D eigenvalue weighted by molar-refractivity contribution is 7.95. The van der Waals surface area contributed by atoms with E-state index in [4.69, 9.17) is 0 Å². The SMILES string of the molecule is C=C(NSN(C)C)c1ccc2c(C(CCC)CCC)c3n(c2c1)CC(NC)Cc1ccccc1-3. The number of likely N-dealkylation sites (N-methyl/N-ethyl adjacent to an activating group) is 1. The number of aromatic nitrogens is 1. The Morgan fingerprint density at radius 2 is 1.88 bits per heavy atom. The van der Waals surface area contributed by atoms with Crippen molar-refractivity contribution in [3.63, 3.8) is 0 Å². The van der Waals surface area contributed by atoms with E-state index >= 15 is 0 Å². The molecule has 0 saturated carbocycles. The first kappa shape index (κ1) is 24.9. The maximum absolute atomic E-state index is 4.32. The van der Waals surface area contributed by atoms with Crippen molar-refractivity contribution < 1.29 is 0 Å². The van der Waals surface area contributed by atoms with Gasteiger partial charge in [0.05, 0.1) is 5.69 Å². The first-order chi connectivity index (χ1) is 16.5. The minimum atomic E-state index is 0.399. The van der Waals surface area contributed by atoms with Crippen molar-refractivity contribution in [2.24, 2.45) is 0 Å². The number of rotatable bonds is 10. The number of hydrogen-bond acceptors (Lipinski definition) is 4. The molecule has 34 heavy (non-hydrogen) atoms. The van der Waals surface area contributed by atoms with Gasteiger partial charge in [0.1, 0.15) is 0 Å². The number of fused-ring (bicyclic) bond motifs is 5. The molecule has 0 bridgehead atoms. The third-order valence-electron chi connectivity index (χ3n) is 7.04. The summed E-state index contributed by atoms with van der Waals surface area (Å²) >= 11 is 1.56. The minimum absolute atomic E-state index is 0.399. The molecule has 1 aliphatic heterocycles. The van der Waals surface area contributed by atoms with Crippen LogP contribution in [0.25, 0.3) is 27.9 Å². The lowest BCUT2D eigenvalue weighted by atomic mass is 9.85. The van der Waals surface area contributed by atoms with Gasteiger partial charge in [-0.3, -0.25) is 0 Å². The van der Waals surface area contributed by atoms with Crippen molar-refractivity contribution >= 4 is 28.7 Å². The predicted octanol–water partition coefficient (Wildman–Crippen LogP) is 6.82. The second-order valence-electron chi connectivity index (χ2n) is 9.71. The van der Waals surface area contributed by atoms with E-state index in [1.807, 2.05) is 18.4 Å². The maximum Gasteiger partial charge on any atom is 0.0530 e. The van der Waals surface area contributed by atoms with Gasteiger partial charge in [0, 0.05) is 46.9 Å². The van der Waals surface area contributed by atoms with Crippen molar-refractivity contribution in [3.8, 4) is 11.3 Å². The second kappa shape index (κ2) is 11.0. The zero-order valence-corrected chi connectivity index (χ0v) is 22.3. The van der Waals surface area contributed by atoms with Crippen molar-refractivity contribution in [3.05, 3.63) is 65.7 Å². The molecule has 3 aromatic rings. The van der Waals surface area contributed by atoms with Crippen LogP contribution in [-0.2, 0) is 13.0 Å². The summed E-state index contributed by atoms with van der Waals surface area (Å²) in [4.78, 5) is 0. The molecular formula is C29H40N4S. The molecule has 4 nitrogen and oxygen atoms in total. The van der Waals surface area contributed by atoms with Gasteiger partial charge >= 0.3 is 0 Å². The summed E-state index contributed by atoms with van der Waals surface area (Å²) in [6.45, 7) is 9.93. The highest BCUT2D eigenvalue weighted by atomic mass is 32.2. The molecule has 1 unspecified atom stereocenters. The van der Waals surface area contributed by atoms with Gasteiger partial charge < -0.3 is 14.6 Å². The van der Waals surface area contributed by atoms with Gasteiger partial charge in [-0.1, -0.05) is 69.7 Å². The number of benzene rings is 2. The van der Waals surface area contributed by atoms with Crippen LogP contribution in [0.2, 0.25) is 0 Å². The average molecular weight is 477 g/mol. The van der Waals surface area contributed by atoms with E-state index in [-0.39, 0.29) is 0 Å². The van der Waals surface area contributed by atoms with E-state index in [2.05, 4.69) is 84.5 Å². The average Bonchev–Trinajstić information content (AvgIpc) is 3.04. The molecule has 0 radical (unpaired) electrons. The van der Waals surface area contributed by atoms with Crippen molar-refractivity contribution in [1.82, 2.24) is 18.9 Å². The van der Waals surface area contributed by atoms with Crippen LogP contribution in [0.5, 0.6) is 0 Å². The van der Waals surface area contributed by atoms with Gasteiger partial charge in [0.25, 0.3) is 0 Å². The van der Waals surface area contributed by atoms with E-state index in [0.29, 0.717) is 12.0 Å². The molecular weight excluding hydrogens is 436 g/mol. The lowest BCUT2D eigenvalue weighted by molar-refractivity contribution is 0.494. The molecule has 1 atom stereocenters. The summed E-state index contributed by atoms with van der Waals surface area (Å²) in [5, 5.41) is 5.00. The third kappa shape index (κ3) is 4.93. The Labute approximate surface area is 210 Å². The monoisotopic (exact) mass is 476 g/mol. The molecule has 2 N–H and O–H groups in total. The van der Waals surface area contributed by atoms with Gasteiger partial charge in [0.2, 0.25) is 0 Å². The smallest absolute Gasteiger partial charge is 0.0530 e. The van der Waals surface area contributed by atoms with Crippen LogP contribution in [0.4, 0.5) is 0 Å². The Morgan fingerprint density at radius 3 is 2.56 bits per heavy atom. The van der Waals surface area contributed by atoms with E-state index in [0.717, 1.165) is 24.2 Å². The number of nitrogens with one attached hydrogen (secondary N) is 2. The summed E-state index contributed by atoms with van der Waals surface area (Å²) in [7, 11) is 6.16. The van der Waals surface area contributed by atoms with Gasteiger partial charge in [-0.15, -0.1) is 0 Å². The van der Waals surface area contributed by atoms with Crippen LogP contribution in [0, 0.1) is 0 Å². The summed E-state index contributed by atoms with van der Waals surface area (Å²) in [5.74, 6) is 0.574. The molecule has 0 aliphatic carbocycles. The molecule has 182 valence electrons. The standard InChI is InChI=1S/C29H40N4S/c1-7-11-21(12-8-2)28-26-16-15-22(20(3)31-34-32(5)6)18-27(26)33-19-24(30-4)17-23-13-9-10-14-25(23)29(28)33/h9-10,13-16,18,21,24,30-31H,3,7-8,11-12,17,19H2,1-2,4-6H3. The lowest BCUT2D eigenvalue weighted by Gasteiger charge is -2.19. The Morgan fingerprint density at radius 1 is 1.15 bits per heavy atom. The predicted molar refractivity (Wildman–Crippen MR) is 150 cm³/mol. The molecule has 1 aromatic heterocycles. The van der Waals surface area contributed by atoms with Gasteiger partial charge in [-0.05, 0) is 69.1 Å². The zero-order valence-electron chi connectivity index (χ0n) is 21.4. The lowest BCUT2D eigenvalue weighted by Crippen LogP contribution is -2.31. The fourth-order valence-corrected chi connectivity index (χ4v) is 5.88. The zero-order chi connectivity index (χ0) is 24.2. The molecule has 0 fully saturated rings. The largest absolute Gasteiger partial charge is 0.339 e. The number of nitrogens with zero attached hydrogens (tertiary/aromatic N) is 2. The fraction of sp³-hybridized carbons (Fsp3) is 0.448. The molecule has 0 spiro atoms. The van der Waals surface area contributed by atoms with Gasteiger partial charge in [0.15, 0.2) is 0 Å². The Balaban J connectivity index is 1.97.